The van der Waals surface area contributed by atoms with Crippen molar-refractivity contribution in [2.45, 2.75) is 31.5 Å². The maximum atomic E-state index is 12.9. The highest BCUT2D eigenvalue weighted by Gasteiger charge is 2.27. The molecule has 0 bridgehead atoms. The first-order valence-electron chi connectivity index (χ1n) is 11.2. The van der Waals surface area contributed by atoms with Crippen LogP contribution in [0.1, 0.15) is 36.1 Å². The zero-order valence-electron chi connectivity index (χ0n) is 18.6. The average Bonchev–Trinajstić information content (AvgIpc) is 3.51. The van der Waals surface area contributed by atoms with Crippen LogP contribution >= 0.6 is 0 Å². The quantitative estimate of drug-likeness (QED) is 0.593. The first kappa shape index (κ1) is 21.5. The molecule has 5 rings (SSSR count). The zero-order chi connectivity index (χ0) is 22.6. The summed E-state index contributed by atoms with van der Waals surface area (Å²) in [5.41, 5.74) is 1.97. The van der Waals surface area contributed by atoms with E-state index >= 15 is 0 Å². The average molecular weight is 449 g/mol. The number of hydrogen-bond donors (Lipinski definition) is 1. The van der Waals surface area contributed by atoms with E-state index in [-0.39, 0.29) is 18.7 Å². The van der Waals surface area contributed by atoms with Crippen LogP contribution in [0.2, 0.25) is 0 Å². The molecule has 1 amide bonds. The molecular formula is C25H28N4O4. The predicted molar refractivity (Wildman–Crippen MR) is 123 cm³/mol. The highest BCUT2D eigenvalue weighted by Crippen LogP contribution is 2.36. The van der Waals surface area contributed by atoms with Gasteiger partial charge in [-0.2, -0.15) is 5.10 Å². The number of fused-ring (bicyclic) bond motifs is 1. The molecule has 0 aliphatic carbocycles. The summed E-state index contributed by atoms with van der Waals surface area (Å²) in [5.74, 6) is 2.18. The van der Waals surface area contributed by atoms with Crippen molar-refractivity contribution >= 4 is 11.7 Å². The Kier molecular flexibility index (Phi) is 6.28. The third-order valence-corrected chi connectivity index (χ3v) is 6.27. The van der Waals surface area contributed by atoms with Crippen molar-refractivity contribution < 1.29 is 19.0 Å². The number of para-hydroxylation sites is 1. The number of ether oxygens (including phenoxy) is 3. The molecule has 2 aliphatic heterocycles. The van der Waals surface area contributed by atoms with Gasteiger partial charge in [-0.1, -0.05) is 42.5 Å². The number of methoxy groups -OCH3 is 1. The molecule has 1 saturated heterocycles. The van der Waals surface area contributed by atoms with Gasteiger partial charge in [0.15, 0.2) is 17.6 Å². The van der Waals surface area contributed by atoms with Crippen LogP contribution in [0.25, 0.3) is 0 Å². The van der Waals surface area contributed by atoms with Gasteiger partial charge in [-0.25, -0.2) is 4.68 Å². The van der Waals surface area contributed by atoms with E-state index < -0.39 is 6.10 Å². The van der Waals surface area contributed by atoms with E-state index in [0.717, 1.165) is 55.1 Å². The summed E-state index contributed by atoms with van der Waals surface area (Å²) in [6.45, 7) is 2.99. The van der Waals surface area contributed by atoms with Crippen molar-refractivity contribution in [1.82, 2.24) is 14.7 Å². The molecule has 172 valence electrons. The fourth-order valence-corrected chi connectivity index (χ4v) is 4.60. The first-order chi connectivity index (χ1) is 16.2. The zero-order valence-corrected chi connectivity index (χ0v) is 18.6. The van der Waals surface area contributed by atoms with Crippen LogP contribution in [0.4, 0.5) is 5.82 Å². The Bertz CT molecular complexity index is 1090. The van der Waals surface area contributed by atoms with Gasteiger partial charge in [0, 0.05) is 38.4 Å². The highest BCUT2D eigenvalue weighted by atomic mass is 16.7. The van der Waals surface area contributed by atoms with Crippen LogP contribution in [0.15, 0.2) is 60.8 Å². The van der Waals surface area contributed by atoms with E-state index in [9.17, 15) is 4.79 Å². The van der Waals surface area contributed by atoms with Crippen LogP contribution in [0, 0.1) is 0 Å². The number of likely N-dealkylation sites (tertiary alicyclic amines) is 1. The third kappa shape index (κ3) is 4.58. The molecule has 3 aromatic rings. The first-order valence-corrected chi connectivity index (χ1v) is 11.2. The number of piperidine rings is 1. The number of carbonyl (C=O) groups is 1. The SMILES string of the molecule is CO[C@H](C(=O)Nc1ccnn1C1CCN(Cc2cccc3c2OCO3)CC1)c1ccccc1. The van der Waals surface area contributed by atoms with Crippen molar-refractivity contribution in [3.05, 3.63) is 71.9 Å². The van der Waals surface area contributed by atoms with Crippen LogP contribution in [0.3, 0.4) is 0 Å². The second kappa shape index (κ2) is 9.64. The fraction of sp³-hybridized carbons (Fsp3) is 0.360. The Labute approximate surface area is 193 Å². The molecule has 1 atom stereocenters. The lowest BCUT2D eigenvalue weighted by atomic mass is 10.0. The Morgan fingerprint density at radius 2 is 1.94 bits per heavy atom. The molecule has 1 N–H and O–H groups in total. The molecule has 0 spiro atoms. The normalized spacial score (nSPS) is 17.1. The smallest absolute Gasteiger partial charge is 0.259 e. The third-order valence-electron chi connectivity index (χ3n) is 6.27. The van der Waals surface area contributed by atoms with E-state index in [1.165, 1.54) is 0 Å². The van der Waals surface area contributed by atoms with Gasteiger partial charge in [0.1, 0.15) is 5.82 Å². The molecule has 2 aromatic carbocycles. The van der Waals surface area contributed by atoms with Gasteiger partial charge >= 0.3 is 0 Å². The minimum atomic E-state index is -0.671. The summed E-state index contributed by atoms with van der Waals surface area (Å²) in [4.78, 5) is 15.3. The van der Waals surface area contributed by atoms with Gasteiger partial charge in [-0.15, -0.1) is 0 Å². The number of benzene rings is 2. The fourth-order valence-electron chi connectivity index (χ4n) is 4.60. The molecule has 0 unspecified atom stereocenters. The summed E-state index contributed by atoms with van der Waals surface area (Å²) in [7, 11) is 1.55. The van der Waals surface area contributed by atoms with Gasteiger partial charge in [0.25, 0.3) is 5.91 Å². The molecule has 3 heterocycles. The summed E-state index contributed by atoms with van der Waals surface area (Å²) >= 11 is 0. The Balaban J connectivity index is 1.21. The number of nitrogens with zero attached hydrogens (tertiary/aromatic N) is 3. The largest absolute Gasteiger partial charge is 0.454 e. The molecule has 1 aromatic heterocycles. The number of anilines is 1. The number of rotatable bonds is 7. The molecule has 0 saturated carbocycles. The molecule has 2 aliphatic rings. The lowest BCUT2D eigenvalue weighted by molar-refractivity contribution is -0.126. The second-order valence-corrected chi connectivity index (χ2v) is 8.33. The van der Waals surface area contributed by atoms with Crippen LogP contribution in [-0.4, -0.2) is 47.6 Å². The Morgan fingerprint density at radius 1 is 1.12 bits per heavy atom. The van der Waals surface area contributed by atoms with Gasteiger partial charge in [-0.3, -0.25) is 9.69 Å². The molecule has 1 fully saturated rings. The number of carbonyl (C=O) groups excluding carboxylic acids is 1. The molecule has 33 heavy (non-hydrogen) atoms. The molecule has 0 radical (unpaired) electrons. The van der Waals surface area contributed by atoms with Crippen molar-refractivity contribution in [1.29, 1.82) is 0 Å². The molecule has 8 nitrogen and oxygen atoms in total. The minimum absolute atomic E-state index is 0.206. The second-order valence-electron chi connectivity index (χ2n) is 8.33. The highest BCUT2D eigenvalue weighted by molar-refractivity contribution is 5.94. The minimum Gasteiger partial charge on any atom is -0.454 e. The monoisotopic (exact) mass is 448 g/mol. The summed E-state index contributed by atoms with van der Waals surface area (Å²) < 4.78 is 18.5. The van der Waals surface area contributed by atoms with E-state index in [0.29, 0.717) is 5.82 Å². The summed E-state index contributed by atoms with van der Waals surface area (Å²) in [6, 6.07) is 17.6. The van der Waals surface area contributed by atoms with Crippen molar-refractivity contribution in [3.63, 3.8) is 0 Å². The summed E-state index contributed by atoms with van der Waals surface area (Å²) in [6.07, 6.45) is 2.96. The van der Waals surface area contributed by atoms with E-state index in [1.807, 2.05) is 53.2 Å². The maximum absolute atomic E-state index is 12.9. The van der Waals surface area contributed by atoms with Crippen LogP contribution < -0.4 is 14.8 Å². The van der Waals surface area contributed by atoms with Gasteiger partial charge in [0.05, 0.1) is 12.2 Å². The summed E-state index contributed by atoms with van der Waals surface area (Å²) in [5, 5.41) is 7.52. The van der Waals surface area contributed by atoms with Crippen molar-refractivity contribution in [3.8, 4) is 11.5 Å². The lowest BCUT2D eigenvalue weighted by Crippen LogP contribution is -2.35. The van der Waals surface area contributed by atoms with Crippen molar-refractivity contribution in [2.75, 3.05) is 32.3 Å². The van der Waals surface area contributed by atoms with Gasteiger partial charge in [0.2, 0.25) is 6.79 Å². The van der Waals surface area contributed by atoms with E-state index in [2.05, 4.69) is 21.4 Å². The van der Waals surface area contributed by atoms with Gasteiger partial charge < -0.3 is 19.5 Å². The van der Waals surface area contributed by atoms with E-state index in [1.54, 1.807) is 13.3 Å². The van der Waals surface area contributed by atoms with Crippen LogP contribution in [-0.2, 0) is 16.1 Å². The number of amides is 1. The Morgan fingerprint density at radius 3 is 2.73 bits per heavy atom. The van der Waals surface area contributed by atoms with Crippen molar-refractivity contribution in [2.24, 2.45) is 0 Å². The van der Waals surface area contributed by atoms with E-state index in [4.69, 9.17) is 14.2 Å². The lowest BCUT2D eigenvalue weighted by Gasteiger charge is -2.33. The number of aromatic nitrogens is 2. The standard InChI is InChI=1S/C25H28N4O4/c1-31-24(18-6-3-2-4-7-18)25(30)27-22-10-13-26-29(22)20-11-14-28(15-12-20)16-19-8-5-9-21-23(19)33-17-32-21/h2-10,13,20,24H,11-12,14-17H2,1H3,(H,27,30)/t24-/m0/s1. The predicted octanol–water partition coefficient (Wildman–Crippen LogP) is 3.78. The van der Waals surface area contributed by atoms with Crippen LogP contribution in [0.5, 0.6) is 11.5 Å². The van der Waals surface area contributed by atoms with Gasteiger partial charge in [-0.05, 0) is 24.5 Å². The number of nitrogens with one attached hydrogen (secondary N) is 1. The number of hydrogen-bond acceptors (Lipinski definition) is 6. The topological polar surface area (TPSA) is 77.9 Å². The maximum Gasteiger partial charge on any atom is 0.259 e. The molecule has 8 heteroatoms. The molecular weight excluding hydrogens is 420 g/mol. The Hall–Kier alpha value is -3.36.